The summed E-state index contributed by atoms with van der Waals surface area (Å²) in [5, 5.41) is 18.2. The average Bonchev–Trinajstić information content (AvgIpc) is 3.07. The summed E-state index contributed by atoms with van der Waals surface area (Å²) < 4.78 is 5.81. The molecular weight excluding hydrogens is 380 g/mol. The van der Waals surface area contributed by atoms with E-state index in [1.807, 2.05) is 45.2 Å². The van der Waals surface area contributed by atoms with Gasteiger partial charge >= 0.3 is 5.82 Å². The monoisotopic (exact) mass is 412 g/mol. The van der Waals surface area contributed by atoms with Gasteiger partial charge in [0, 0.05) is 39.5 Å². The van der Waals surface area contributed by atoms with Gasteiger partial charge in [-0.1, -0.05) is 0 Å². The van der Waals surface area contributed by atoms with Crippen LogP contribution in [-0.2, 0) is 12.3 Å². The molecule has 2 heterocycles. The third-order valence-electron chi connectivity index (χ3n) is 4.22. The summed E-state index contributed by atoms with van der Waals surface area (Å²) in [5.74, 6) is 4.23. The molecule has 0 spiro atoms. The molecule has 10 heteroatoms. The third-order valence-corrected chi connectivity index (χ3v) is 5.20. The lowest BCUT2D eigenvalue weighted by Gasteiger charge is -2.27. The van der Waals surface area contributed by atoms with Gasteiger partial charge in [-0.3, -0.25) is 4.90 Å². The Bertz CT molecular complexity index is 656. The van der Waals surface area contributed by atoms with E-state index in [2.05, 4.69) is 15.5 Å². The number of nitro groups is 1. The topological polar surface area (TPSA) is 90.1 Å². The molecule has 2 N–H and O–H groups in total. The van der Waals surface area contributed by atoms with Crippen molar-refractivity contribution in [3.63, 3.8) is 0 Å². The maximum absolute atomic E-state index is 11.7. The molecule has 28 heavy (non-hydrogen) atoms. The predicted octanol–water partition coefficient (Wildman–Crippen LogP) is 1.03. The molecule has 1 aliphatic rings. The fourth-order valence-corrected chi connectivity index (χ4v) is 3.72. The second kappa shape index (κ2) is 11.2. The minimum atomic E-state index is -0.282. The molecule has 0 unspecified atom stereocenters. The zero-order valence-corrected chi connectivity index (χ0v) is 18.0. The van der Waals surface area contributed by atoms with E-state index >= 15 is 0 Å². The second-order valence-corrected chi connectivity index (χ2v) is 8.25. The van der Waals surface area contributed by atoms with Crippen LogP contribution in [0, 0.1) is 10.1 Å². The van der Waals surface area contributed by atoms with E-state index in [4.69, 9.17) is 4.42 Å². The fraction of sp³-hybridized carbons (Fsp3) is 0.667. The predicted molar refractivity (Wildman–Crippen MR) is 112 cm³/mol. The molecule has 0 aromatic carbocycles. The molecule has 0 bridgehead atoms. The highest BCUT2D eigenvalue weighted by Crippen LogP contribution is 2.17. The zero-order chi connectivity index (χ0) is 20.5. The smallest absolute Gasteiger partial charge is 0.358 e. The molecule has 2 rings (SSSR count). The largest absolute Gasteiger partial charge is 0.464 e. The van der Waals surface area contributed by atoms with Gasteiger partial charge in [0.25, 0.3) is 0 Å². The van der Waals surface area contributed by atoms with Gasteiger partial charge in [0.2, 0.25) is 0 Å². The van der Waals surface area contributed by atoms with Gasteiger partial charge in [-0.15, -0.1) is 0 Å². The van der Waals surface area contributed by atoms with Crippen molar-refractivity contribution in [2.75, 3.05) is 66.7 Å². The number of nitrogens with one attached hydrogen (secondary N) is 2. The highest BCUT2D eigenvalue weighted by molar-refractivity contribution is 7.98. The first-order chi connectivity index (χ1) is 13.4. The van der Waals surface area contributed by atoms with E-state index in [9.17, 15) is 10.1 Å². The van der Waals surface area contributed by atoms with Crippen LogP contribution >= 0.6 is 11.8 Å². The molecule has 1 fully saturated rings. The normalized spacial score (nSPS) is 15.5. The molecule has 0 atom stereocenters. The molecule has 0 aliphatic carbocycles. The first-order valence-corrected chi connectivity index (χ1v) is 10.6. The van der Waals surface area contributed by atoms with Crippen molar-refractivity contribution in [1.82, 2.24) is 25.3 Å². The van der Waals surface area contributed by atoms with Crippen LogP contribution in [0.3, 0.4) is 0 Å². The van der Waals surface area contributed by atoms with E-state index in [1.54, 1.807) is 16.7 Å². The van der Waals surface area contributed by atoms with Crippen molar-refractivity contribution in [3.8, 4) is 0 Å². The second-order valence-electron chi connectivity index (χ2n) is 7.15. The van der Waals surface area contributed by atoms with Gasteiger partial charge < -0.3 is 35.0 Å². The summed E-state index contributed by atoms with van der Waals surface area (Å²) in [6.45, 7) is 4.22. The Kier molecular flexibility index (Phi) is 8.94. The van der Waals surface area contributed by atoms with Crippen molar-refractivity contribution in [2.24, 2.45) is 0 Å². The van der Waals surface area contributed by atoms with Crippen molar-refractivity contribution in [2.45, 2.75) is 12.3 Å². The molecule has 1 aromatic heterocycles. The number of hydrogen-bond acceptors (Lipinski definition) is 9. The maximum atomic E-state index is 11.7. The quantitative estimate of drug-likeness (QED) is 0.314. The average molecular weight is 413 g/mol. The first-order valence-electron chi connectivity index (χ1n) is 9.44. The van der Waals surface area contributed by atoms with Crippen LogP contribution in [0.4, 0.5) is 0 Å². The van der Waals surface area contributed by atoms with Crippen LogP contribution in [-0.4, -0.2) is 86.3 Å². The minimum absolute atomic E-state index is 0.149. The summed E-state index contributed by atoms with van der Waals surface area (Å²) in [7, 11) is 7.68. The lowest BCUT2D eigenvalue weighted by Crippen LogP contribution is -2.46. The van der Waals surface area contributed by atoms with Crippen molar-refractivity contribution in [1.29, 1.82) is 0 Å². The Morgan fingerprint density at radius 3 is 2.57 bits per heavy atom. The van der Waals surface area contributed by atoms with Crippen LogP contribution in [0.1, 0.15) is 11.5 Å². The SMILES string of the molecule is CN(C)Cc1ccc(CSCCNC(=C(N2CCNCC2)[N+](=O)[O-])N(C)C)o1. The molecule has 1 aromatic rings. The van der Waals surface area contributed by atoms with E-state index in [0.717, 1.165) is 42.7 Å². The standard InChI is InChI=1S/C18H32N6O3S/c1-21(2)13-15-5-6-16(27-15)14-28-12-9-20-17(22(3)4)18(24(25)26)23-10-7-19-8-11-23/h5-6,19-20H,7-14H2,1-4H3. The van der Waals surface area contributed by atoms with E-state index in [0.29, 0.717) is 25.5 Å². The summed E-state index contributed by atoms with van der Waals surface area (Å²) in [6.07, 6.45) is 0. The summed E-state index contributed by atoms with van der Waals surface area (Å²) in [6, 6.07) is 4.03. The molecule has 0 saturated carbocycles. The molecule has 158 valence electrons. The van der Waals surface area contributed by atoms with Gasteiger partial charge in [-0.25, -0.2) is 0 Å². The number of furan rings is 1. The minimum Gasteiger partial charge on any atom is -0.464 e. The van der Waals surface area contributed by atoms with Gasteiger partial charge in [0.1, 0.15) is 11.5 Å². The number of thioether (sulfide) groups is 1. The lowest BCUT2D eigenvalue weighted by atomic mass is 10.3. The molecular formula is C18H32N6O3S. The fourth-order valence-electron chi connectivity index (χ4n) is 2.98. The molecule has 1 saturated heterocycles. The summed E-state index contributed by atoms with van der Waals surface area (Å²) >= 11 is 1.74. The lowest BCUT2D eigenvalue weighted by molar-refractivity contribution is -0.449. The third kappa shape index (κ3) is 6.92. The van der Waals surface area contributed by atoms with E-state index < -0.39 is 0 Å². The Labute approximate surface area is 171 Å². The van der Waals surface area contributed by atoms with Crippen LogP contribution in [0.2, 0.25) is 0 Å². The highest BCUT2D eigenvalue weighted by atomic mass is 32.2. The Morgan fingerprint density at radius 1 is 1.29 bits per heavy atom. The van der Waals surface area contributed by atoms with E-state index in [1.165, 1.54) is 0 Å². The molecule has 0 amide bonds. The van der Waals surface area contributed by atoms with Crippen LogP contribution in [0.25, 0.3) is 0 Å². The number of rotatable bonds is 11. The van der Waals surface area contributed by atoms with Crippen LogP contribution in [0.5, 0.6) is 0 Å². The Balaban J connectivity index is 1.86. The van der Waals surface area contributed by atoms with Crippen LogP contribution < -0.4 is 10.6 Å². The number of piperazine rings is 1. The highest BCUT2D eigenvalue weighted by Gasteiger charge is 2.28. The Morgan fingerprint density at radius 2 is 1.96 bits per heavy atom. The molecule has 1 aliphatic heterocycles. The van der Waals surface area contributed by atoms with Gasteiger partial charge in [0.05, 0.1) is 25.4 Å². The number of hydrogen-bond donors (Lipinski definition) is 2. The summed E-state index contributed by atoms with van der Waals surface area (Å²) in [5.41, 5.74) is 0. The van der Waals surface area contributed by atoms with Gasteiger partial charge in [-0.2, -0.15) is 11.8 Å². The van der Waals surface area contributed by atoms with Crippen molar-refractivity contribution < 1.29 is 9.34 Å². The van der Waals surface area contributed by atoms with Gasteiger partial charge in [-0.05, 0) is 31.2 Å². The molecule has 9 nitrogen and oxygen atoms in total. The molecule has 0 radical (unpaired) electrons. The van der Waals surface area contributed by atoms with Crippen molar-refractivity contribution >= 4 is 11.8 Å². The van der Waals surface area contributed by atoms with Gasteiger partial charge in [0.15, 0.2) is 5.82 Å². The van der Waals surface area contributed by atoms with Crippen molar-refractivity contribution in [3.05, 3.63) is 45.4 Å². The maximum Gasteiger partial charge on any atom is 0.358 e. The Hall–Kier alpha value is -1.91. The zero-order valence-electron chi connectivity index (χ0n) is 17.2. The summed E-state index contributed by atoms with van der Waals surface area (Å²) in [4.78, 5) is 17.1. The van der Waals surface area contributed by atoms with Crippen LogP contribution in [0.15, 0.2) is 28.2 Å². The first kappa shape index (κ1) is 22.4. The number of nitrogens with zero attached hydrogens (tertiary/aromatic N) is 4. The van der Waals surface area contributed by atoms with E-state index in [-0.39, 0.29) is 10.7 Å².